The predicted molar refractivity (Wildman–Crippen MR) is 61.4 cm³/mol. The van der Waals surface area contributed by atoms with Gasteiger partial charge in [-0.3, -0.25) is 0 Å². The first kappa shape index (κ1) is 10.5. The van der Waals surface area contributed by atoms with E-state index < -0.39 is 0 Å². The SMILES string of the molecule is C=CC(N)[C@@]12CC[C@@H](C[C@H]1Cl)C2(C)C. The van der Waals surface area contributed by atoms with E-state index in [1.165, 1.54) is 12.8 Å². The van der Waals surface area contributed by atoms with Crippen molar-refractivity contribution in [2.75, 3.05) is 0 Å². The van der Waals surface area contributed by atoms with Crippen molar-refractivity contribution in [3.05, 3.63) is 12.7 Å². The molecule has 2 N–H and O–H groups in total. The second-order valence-corrected chi connectivity index (χ2v) is 5.99. The van der Waals surface area contributed by atoms with Gasteiger partial charge < -0.3 is 5.73 Å². The molecule has 2 saturated carbocycles. The lowest BCUT2D eigenvalue weighted by molar-refractivity contribution is 0.114. The molecule has 0 saturated heterocycles. The molecule has 2 fully saturated rings. The van der Waals surface area contributed by atoms with Crippen LogP contribution in [0, 0.1) is 16.7 Å². The molecule has 1 nitrogen and oxygen atoms in total. The van der Waals surface area contributed by atoms with E-state index in [0.717, 1.165) is 12.3 Å². The smallest absolute Gasteiger partial charge is 0.0418 e. The summed E-state index contributed by atoms with van der Waals surface area (Å²) in [7, 11) is 0. The molecule has 0 aromatic rings. The van der Waals surface area contributed by atoms with Crippen molar-refractivity contribution in [1.82, 2.24) is 0 Å². The highest BCUT2D eigenvalue weighted by atomic mass is 35.5. The summed E-state index contributed by atoms with van der Waals surface area (Å²) < 4.78 is 0. The molecule has 0 aliphatic heterocycles. The maximum absolute atomic E-state index is 6.50. The lowest BCUT2D eigenvalue weighted by atomic mass is 9.65. The van der Waals surface area contributed by atoms with Crippen LogP contribution in [0.2, 0.25) is 0 Å². The Labute approximate surface area is 91.7 Å². The quantitative estimate of drug-likeness (QED) is 0.554. The van der Waals surface area contributed by atoms with E-state index in [4.69, 9.17) is 17.3 Å². The Bertz CT molecular complexity index is 261. The highest BCUT2D eigenvalue weighted by Gasteiger charge is 2.65. The molecule has 0 aromatic heterocycles. The molecule has 2 heteroatoms. The summed E-state index contributed by atoms with van der Waals surface area (Å²) in [6, 6.07) is 0.0486. The van der Waals surface area contributed by atoms with Crippen LogP contribution in [-0.2, 0) is 0 Å². The number of halogens is 1. The monoisotopic (exact) mass is 213 g/mol. The minimum atomic E-state index is 0.0486. The van der Waals surface area contributed by atoms with E-state index in [1.54, 1.807) is 0 Å². The normalized spacial score (nSPS) is 46.6. The van der Waals surface area contributed by atoms with Crippen molar-refractivity contribution in [3.63, 3.8) is 0 Å². The van der Waals surface area contributed by atoms with Crippen molar-refractivity contribution in [2.24, 2.45) is 22.5 Å². The Hall–Kier alpha value is -0.0100. The summed E-state index contributed by atoms with van der Waals surface area (Å²) >= 11 is 6.50. The van der Waals surface area contributed by atoms with E-state index in [2.05, 4.69) is 20.4 Å². The van der Waals surface area contributed by atoms with Crippen molar-refractivity contribution >= 4 is 11.6 Å². The molecular weight excluding hydrogens is 194 g/mol. The van der Waals surface area contributed by atoms with Crippen LogP contribution in [0.15, 0.2) is 12.7 Å². The van der Waals surface area contributed by atoms with E-state index in [0.29, 0.717) is 0 Å². The van der Waals surface area contributed by atoms with Gasteiger partial charge in [0.2, 0.25) is 0 Å². The molecule has 2 aliphatic rings. The summed E-state index contributed by atoms with van der Waals surface area (Å²) in [5, 5.41) is 0.240. The molecule has 0 amide bonds. The highest BCUT2D eigenvalue weighted by Crippen LogP contribution is 2.68. The fraction of sp³-hybridized carbons (Fsp3) is 0.833. The number of fused-ring (bicyclic) bond motifs is 2. The van der Waals surface area contributed by atoms with Crippen LogP contribution in [0.5, 0.6) is 0 Å². The molecule has 0 aromatic carbocycles. The van der Waals surface area contributed by atoms with Gasteiger partial charge in [-0.05, 0) is 30.6 Å². The number of hydrogen-bond donors (Lipinski definition) is 1. The van der Waals surface area contributed by atoms with Crippen molar-refractivity contribution in [1.29, 1.82) is 0 Å². The van der Waals surface area contributed by atoms with E-state index in [9.17, 15) is 0 Å². The van der Waals surface area contributed by atoms with Gasteiger partial charge in [0.1, 0.15) is 0 Å². The number of rotatable bonds is 2. The lowest BCUT2D eigenvalue weighted by Gasteiger charge is -2.44. The molecule has 2 rings (SSSR count). The Morgan fingerprint density at radius 1 is 1.57 bits per heavy atom. The largest absolute Gasteiger partial charge is 0.324 e. The molecule has 0 heterocycles. The van der Waals surface area contributed by atoms with Gasteiger partial charge in [-0.25, -0.2) is 0 Å². The number of nitrogens with two attached hydrogens (primary N) is 1. The number of hydrogen-bond acceptors (Lipinski definition) is 1. The molecule has 2 aliphatic carbocycles. The van der Waals surface area contributed by atoms with Crippen molar-refractivity contribution in [2.45, 2.75) is 44.5 Å². The van der Waals surface area contributed by atoms with Gasteiger partial charge in [-0.1, -0.05) is 19.9 Å². The summed E-state index contributed by atoms with van der Waals surface area (Å²) in [5.74, 6) is 0.760. The molecule has 14 heavy (non-hydrogen) atoms. The highest BCUT2D eigenvalue weighted by molar-refractivity contribution is 6.21. The molecule has 2 bridgehead atoms. The van der Waals surface area contributed by atoms with Crippen LogP contribution in [0.3, 0.4) is 0 Å². The zero-order valence-corrected chi connectivity index (χ0v) is 9.85. The average Bonchev–Trinajstić information content (AvgIpc) is 2.49. The van der Waals surface area contributed by atoms with E-state index in [1.807, 2.05) is 6.08 Å². The van der Waals surface area contributed by atoms with Gasteiger partial charge >= 0.3 is 0 Å². The van der Waals surface area contributed by atoms with Gasteiger partial charge in [0.05, 0.1) is 0 Å². The third-order valence-corrected chi connectivity index (χ3v) is 5.59. The van der Waals surface area contributed by atoms with Crippen LogP contribution < -0.4 is 5.73 Å². The Morgan fingerprint density at radius 3 is 2.57 bits per heavy atom. The third-order valence-electron chi connectivity index (χ3n) is 5.03. The third kappa shape index (κ3) is 0.953. The van der Waals surface area contributed by atoms with Crippen LogP contribution in [-0.4, -0.2) is 11.4 Å². The molecule has 4 atom stereocenters. The topological polar surface area (TPSA) is 26.0 Å². The first-order valence-electron chi connectivity index (χ1n) is 5.49. The molecule has 0 radical (unpaired) electrons. The average molecular weight is 214 g/mol. The minimum Gasteiger partial charge on any atom is -0.324 e. The van der Waals surface area contributed by atoms with Crippen LogP contribution in [0.25, 0.3) is 0 Å². The Morgan fingerprint density at radius 2 is 2.21 bits per heavy atom. The van der Waals surface area contributed by atoms with Crippen LogP contribution >= 0.6 is 11.6 Å². The summed E-state index contributed by atoms with van der Waals surface area (Å²) in [6.45, 7) is 8.49. The second-order valence-electron chi connectivity index (χ2n) is 5.46. The van der Waals surface area contributed by atoms with Gasteiger partial charge in [0.15, 0.2) is 0 Å². The van der Waals surface area contributed by atoms with Gasteiger partial charge in [-0.15, -0.1) is 18.2 Å². The Kier molecular flexibility index (Phi) is 2.24. The summed E-state index contributed by atoms with van der Waals surface area (Å²) in [5.41, 5.74) is 6.60. The standard InChI is InChI=1S/C12H20ClN/c1-4-10(14)12-6-5-8(7-9(12)13)11(12,2)3/h4,8-10H,1,5-7,14H2,2-3H3/t8-,9+,10?,12+/m0/s1. The van der Waals surface area contributed by atoms with Gasteiger partial charge in [-0.2, -0.15) is 0 Å². The fourth-order valence-electron chi connectivity index (χ4n) is 3.92. The molecule has 0 spiro atoms. The first-order chi connectivity index (χ1) is 6.46. The number of alkyl halides is 1. The lowest BCUT2D eigenvalue weighted by Crippen LogP contribution is -2.50. The minimum absolute atomic E-state index is 0.0486. The zero-order chi connectivity index (χ0) is 10.6. The summed E-state index contributed by atoms with van der Waals surface area (Å²) in [6.07, 6.45) is 5.48. The molecule has 1 unspecified atom stereocenters. The van der Waals surface area contributed by atoms with Gasteiger partial charge in [0, 0.05) is 16.8 Å². The zero-order valence-electron chi connectivity index (χ0n) is 9.09. The fourth-order valence-corrected chi connectivity index (χ4v) is 4.68. The second kappa shape index (κ2) is 2.99. The van der Waals surface area contributed by atoms with Gasteiger partial charge in [0.25, 0.3) is 0 Å². The summed E-state index contributed by atoms with van der Waals surface area (Å²) in [4.78, 5) is 0. The first-order valence-corrected chi connectivity index (χ1v) is 5.92. The van der Waals surface area contributed by atoms with Crippen molar-refractivity contribution < 1.29 is 0 Å². The van der Waals surface area contributed by atoms with Crippen molar-refractivity contribution in [3.8, 4) is 0 Å². The Balaban J connectivity index is 2.44. The van der Waals surface area contributed by atoms with Crippen LogP contribution in [0.4, 0.5) is 0 Å². The predicted octanol–water partition coefficient (Wildman–Crippen LogP) is 2.93. The maximum Gasteiger partial charge on any atom is 0.0418 e. The van der Waals surface area contributed by atoms with Crippen LogP contribution in [0.1, 0.15) is 33.1 Å². The molecular formula is C12H20ClN. The van der Waals surface area contributed by atoms with E-state index >= 15 is 0 Å². The molecule has 80 valence electrons. The maximum atomic E-state index is 6.50. The van der Waals surface area contributed by atoms with E-state index in [-0.39, 0.29) is 22.2 Å².